The first kappa shape index (κ1) is 21.2. The second kappa shape index (κ2) is 14.5. The summed E-state index contributed by atoms with van der Waals surface area (Å²) in [5, 5.41) is 8.54. The predicted molar refractivity (Wildman–Crippen MR) is 105 cm³/mol. The van der Waals surface area contributed by atoms with Gasteiger partial charge in [-0.2, -0.15) is 0 Å². The van der Waals surface area contributed by atoms with Crippen LogP contribution >= 0.6 is 0 Å². The number of allylic oxidation sites excluding steroid dienone is 8. The van der Waals surface area contributed by atoms with Crippen LogP contribution in [-0.2, 0) is 9.53 Å². The standard InChI is InChI=1S/C22H32O3/c1-2-3-4-5-6-7-8-9-10-11-12-14-17-20-21(25-20)18-15-13-16-19-22(23)24/h3-4,6-7,9-10,12-15,20-21H,2,5,8,11,16-19H2,1H3,(H,23,24)/b4-3+,7-6+,10-9+,14-12+,15-13+. The van der Waals surface area contributed by atoms with Crippen molar-refractivity contribution < 1.29 is 14.6 Å². The lowest BCUT2D eigenvalue weighted by Gasteiger charge is -1.89. The van der Waals surface area contributed by atoms with Gasteiger partial charge in [-0.1, -0.05) is 67.7 Å². The Morgan fingerprint density at radius 2 is 1.28 bits per heavy atom. The highest BCUT2D eigenvalue weighted by Gasteiger charge is 2.35. The summed E-state index contributed by atoms with van der Waals surface area (Å²) in [5.74, 6) is -0.746. The summed E-state index contributed by atoms with van der Waals surface area (Å²) < 4.78 is 5.59. The monoisotopic (exact) mass is 344 g/mol. The van der Waals surface area contributed by atoms with E-state index in [9.17, 15) is 4.79 Å². The summed E-state index contributed by atoms with van der Waals surface area (Å²) in [6.07, 6.45) is 28.9. The van der Waals surface area contributed by atoms with E-state index in [-0.39, 0.29) is 6.42 Å². The van der Waals surface area contributed by atoms with Crippen LogP contribution in [0, 0.1) is 0 Å². The van der Waals surface area contributed by atoms with Crippen LogP contribution in [-0.4, -0.2) is 23.3 Å². The van der Waals surface area contributed by atoms with Crippen LogP contribution < -0.4 is 0 Å². The van der Waals surface area contributed by atoms with E-state index in [2.05, 4.69) is 55.5 Å². The topological polar surface area (TPSA) is 49.8 Å². The number of rotatable bonds is 14. The molecule has 1 saturated heterocycles. The van der Waals surface area contributed by atoms with Crippen molar-refractivity contribution >= 4 is 5.97 Å². The number of carboxylic acids is 1. The van der Waals surface area contributed by atoms with E-state index in [1.54, 1.807) is 0 Å². The average molecular weight is 344 g/mol. The molecule has 1 fully saturated rings. The first-order valence-electron chi connectivity index (χ1n) is 9.36. The molecule has 1 aliphatic rings. The van der Waals surface area contributed by atoms with Gasteiger partial charge in [0.2, 0.25) is 0 Å². The van der Waals surface area contributed by atoms with Gasteiger partial charge in [-0.05, 0) is 44.9 Å². The predicted octanol–water partition coefficient (Wildman–Crippen LogP) is 5.76. The summed E-state index contributed by atoms with van der Waals surface area (Å²) in [4.78, 5) is 10.4. The number of aliphatic carboxylic acids is 1. The molecule has 2 atom stereocenters. The molecule has 3 nitrogen and oxygen atoms in total. The van der Waals surface area contributed by atoms with Gasteiger partial charge in [0.15, 0.2) is 0 Å². The van der Waals surface area contributed by atoms with Gasteiger partial charge in [-0.3, -0.25) is 4.79 Å². The molecule has 0 bridgehead atoms. The van der Waals surface area contributed by atoms with E-state index in [4.69, 9.17) is 9.84 Å². The number of epoxide rings is 1. The van der Waals surface area contributed by atoms with E-state index in [0.29, 0.717) is 18.6 Å². The van der Waals surface area contributed by atoms with Crippen molar-refractivity contribution in [3.63, 3.8) is 0 Å². The lowest BCUT2D eigenvalue weighted by Crippen LogP contribution is -1.92. The number of carboxylic acid groups (broad SMARTS) is 1. The fraction of sp³-hybridized carbons (Fsp3) is 0.500. The molecule has 1 N–H and O–H groups in total. The smallest absolute Gasteiger partial charge is 0.303 e. The number of ether oxygens (including phenoxy) is 1. The highest BCUT2D eigenvalue weighted by molar-refractivity contribution is 5.66. The molecule has 0 aliphatic carbocycles. The van der Waals surface area contributed by atoms with Crippen LogP contribution in [0.5, 0.6) is 0 Å². The Bertz CT molecular complexity index is 497. The highest BCUT2D eigenvalue weighted by atomic mass is 16.6. The molecule has 0 spiro atoms. The third-order valence-electron chi connectivity index (χ3n) is 3.83. The van der Waals surface area contributed by atoms with Gasteiger partial charge in [0, 0.05) is 6.42 Å². The average Bonchev–Trinajstić information content (AvgIpc) is 3.33. The molecule has 0 aromatic heterocycles. The summed E-state index contributed by atoms with van der Waals surface area (Å²) in [6, 6.07) is 0. The quantitative estimate of drug-likeness (QED) is 0.322. The molecule has 25 heavy (non-hydrogen) atoms. The first-order chi connectivity index (χ1) is 12.2. The number of hydrogen-bond donors (Lipinski definition) is 1. The SMILES string of the molecule is CC/C=C/C/C=C/C/C=C/C/C=C/CC1OC1C/C=C/CCC(=O)O. The largest absolute Gasteiger partial charge is 0.481 e. The Morgan fingerprint density at radius 1 is 0.800 bits per heavy atom. The maximum atomic E-state index is 10.4. The number of hydrogen-bond acceptors (Lipinski definition) is 2. The van der Waals surface area contributed by atoms with Gasteiger partial charge in [0.05, 0.1) is 12.2 Å². The van der Waals surface area contributed by atoms with Crippen molar-refractivity contribution in [3.8, 4) is 0 Å². The van der Waals surface area contributed by atoms with E-state index >= 15 is 0 Å². The molecule has 1 heterocycles. The van der Waals surface area contributed by atoms with Gasteiger partial charge < -0.3 is 9.84 Å². The zero-order valence-corrected chi connectivity index (χ0v) is 15.3. The molecule has 138 valence electrons. The lowest BCUT2D eigenvalue weighted by atomic mass is 10.1. The van der Waals surface area contributed by atoms with Crippen molar-refractivity contribution in [2.24, 2.45) is 0 Å². The Balaban J connectivity index is 1.96. The maximum absolute atomic E-state index is 10.4. The zero-order valence-electron chi connectivity index (χ0n) is 15.3. The highest BCUT2D eigenvalue weighted by Crippen LogP contribution is 2.29. The van der Waals surface area contributed by atoms with E-state index in [0.717, 1.165) is 38.5 Å². The fourth-order valence-corrected chi connectivity index (χ4v) is 2.36. The summed E-state index contributed by atoms with van der Waals surface area (Å²) in [6.45, 7) is 2.15. The molecule has 1 rings (SSSR count). The third-order valence-corrected chi connectivity index (χ3v) is 3.83. The van der Waals surface area contributed by atoms with Crippen LogP contribution in [0.25, 0.3) is 0 Å². The minimum absolute atomic E-state index is 0.202. The minimum atomic E-state index is -0.746. The lowest BCUT2D eigenvalue weighted by molar-refractivity contribution is -0.136. The van der Waals surface area contributed by atoms with Crippen molar-refractivity contribution in [3.05, 3.63) is 60.8 Å². The van der Waals surface area contributed by atoms with E-state index in [1.165, 1.54) is 0 Å². The maximum Gasteiger partial charge on any atom is 0.303 e. The van der Waals surface area contributed by atoms with Crippen LogP contribution in [0.2, 0.25) is 0 Å². The Morgan fingerprint density at radius 3 is 1.80 bits per heavy atom. The van der Waals surface area contributed by atoms with Gasteiger partial charge in [0.25, 0.3) is 0 Å². The molecule has 0 radical (unpaired) electrons. The fourth-order valence-electron chi connectivity index (χ4n) is 2.36. The molecule has 1 aliphatic heterocycles. The normalized spacial score (nSPS) is 20.8. The van der Waals surface area contributed by atoms with Crippen LogP contribution in [0.3, 0.4) is 0 Å². The van der Waals surface area contributed by atoms with Crippen LogP contribution in [0.1, 0.15) is 58.3 Å². The summed E-state index contributed by atoms with van der Waals surface area (Å²) in [7, 11) is 0. The van der Waals surface area contributed by atoms with Crippen molar-refractivity contribution in [2.45, 2.75) is 70.5 Å². The van der Waals surface area contributed by atoms with Gasteiger partial charge in [-0.15, -0.1) is 0 Å². The molecule has 3 heteroatoms. The molecule has 0 saturated carbocycles. The summed E-state index contributed by atoms with van der Waals surface area (Å²) >= 11 is 0. The second-order valence-electron chi connectivity index (χ2n) is 6.09. The molecular weight excluding hydrogens is 312 g/mol. The van der Waals surface area contributed by atoms with Gasteiger partial charge >= 0.3 is 5.97 Å². The van der Waals surface area contributed by atoms with Crippen molar-refractivity contribution in [1.29, 1.82) is 0 Å². The molecule has 0 amide bonds. The summed E-state index contributed by atoms with van der Waals surface area (Å²) in [5.41, 5.74) is 0. The number of carbonyl (C=O) groups is 1. The third kappa shape index (κ3) is 13.1. The molecule has 2 unspecified atom stereocenters. The Labute approximate surface area is 152 Å². The Hall–Kier alpha value is -1.87. The van der Waals surface area contributed by atoms with E-state index in [1.807, 2.05) is 12.2 Å². The molecule has 0 aromatic carbocycles. The zero-order chi connectivity index (χ0) is 18.2. The van der Waals surface area contributed by atoms with Crippen molar-refractivity contribution in [1.82, 2.24) is 0 Å². The van der Waals surface area contributed by atoms with Crippen molar-refractivity contribution in [2.75, 3.05) is 0 Å². The molecule has 0 aromatic rings. The van der Waals surface area contributed by atoms with Gasteiger partial charge in [0.1, 0.15) is 0 Å². The molecular formula is C22H32O3. The minimum Gasteiger partial charge on any atom is -0.481 e. The van der Waals surface area contributed by atoms with Crippen LogP contribution in [0.15, 0.2) is 60.8 Å². The van der Waals surface area contributed by atoms with Gasteiger partial charge in [-0.25, -0.2) is 0 Å². The van der Waals surface area contributed by atoms with E-state index < -0.39 is 5.97 Å². The first-order valence-corrected chi connectivity index (χ1v) is 9.36. The Kier molecular flexibility index (Phi) is 12.3. The second-order valence-corrected chi connectivity index (χ2v) is 6.09. The van der Waals surface area contributed by atoms with Crippen LogP contribution in [0.4, 0.5) is 0 Å².